The summed E-state index contributed by atoms with van der Waals surface area (Å²) in [5.74, 6) is -0.830. The van der Waals surface area contributed by atoms with Crippen molar-refractivity contribution in [2.24, 2.45) is 0 Å². The maximum atomic E-state index is 14.3. The predicted molar refractivity (Wildman–Crippen MR) is 70.4 cm³/mol. The Hall–Kier alpha value is -1.21. The Balaban J connectivity index is 2.59. The standard InChI is InChI=1S/C13H15ClFNO4/c1-3-19-12-7(6(2)17)4-8(14)11(15)10(12)9-5-20-13(18)16-9/h4,9,13,16,18H,3,5H2,1-2H3. The van der Waals surface area contributed by atoms with Crippen LogP contribution in [0.1, 0.15) is 35.8 Å². The van der Waals surface area contributed by atoms with Crippen LogP contribution in [0.3, 0.4) is 0 Å². The summed E-state index contributed by atoms with van der Waals surface area (Å²) < 4.78 is 24.7. The van der Waals surface area contributed by atoms with Crippen molar-refractivity contribution >= 4 is 17.4 Å². The van der Waals surface area contributed by atoms with Gasteiger partial charge in [-0.3, -0.25) is 10.1 Å². The van der Waals surface area contributed by atoms with Crippen molar-refractivity contribution in [2.75, 3.05) is 13.2 Å². The molecule has 2 rings (SSSR count). The van der Waals surface area contributed by atoms with Gasteiger partial charge in [0.2, 0.25) is 6.41 Å². The van der Waals surface area contributed by atoms with Crippen LogP contribution < -0.4 is 10.1 Å². The third-order valence-corrected chi connectivity index (χ3v) is 3.26. The highest BCUT2D eigenvalue weighted by Gasteiger charge is 2.32. The van der Waals surface area contributed by atoms with Gasteiger partial charge in [-0.05, 0) is 19.9 Å². The Morgan fingerprint density at radius 1 is 1.70 bits per heavy atom. The van der Waals surface area contributed by atoms with Crippen LogP contribution in [0.15, 0.2) is 6.07 Å². The smallest absolute Gasteiger partial charge is 0.214 e. The molecule has 2 unspecified atom stereocenters. The molecule has 5 nitrogen and oxygen atoms in total. The van der Waals surface area contributed by atoms with Crippen LogP contribution in [0.4, 0.5) is 4.39 Å². The molecule has 0 saturated carbocycles. The van der Waals surface area contributed by atoms with E-state index >= 15 is 0 Å². The number of aliphatic hydroxyl groups excluding tert-OH is 1. The molecule has 2 atom stereocenters. The second-order valence-corrected chi connectivity index (χ2v) is 4.76. The summed E-state index contributed by atoms with van der Waals surface area (Å²) in [5.41, 5.74) is 0.303. The number of hydrogen-bond donors (Lipinski definition) is 2. The summed E-state index contributed by atoms with van der Waals surface area (Å²) in [6.45, 7) is 3.40. The summed E-state index contributed by atoms with van der Waals surface area (Å²) in [6.07, 6.45) is -1.19. The number of Topliss-reactive ketones (excluding diaryl/α,β-unsaturated/α-hetero) is 1. The van der Waals surface area contributed by atoms with Gasteiger partial charge in [0.05, 0.1) is 35.4 Å². The maximum Gasteiger partial charge on any atom is 0.214 e. The van der Waals surface area contributed by atoms with E-state index in [0.29, 0.717) is 0 Å². The van der Waals surface area contributed by atoms with Crippen LogP contribution in [-0.4, -0.2) is 30.5 Å². The fraction of sp³-hybridized carbons (Fsp3) is 0.462. The molecule has 0 aromatic heterocycles. The highest BCUT2D eigenvalue weighted by molar-refractivity contribution is 6.31. The van der Waals surface area contributed by atoms with E-state index in [1.54, 1.807) is 6.92 Å². The minimum absolute atomic E-state index is 0.0514. The van der Waals surface area contributed by atoms with Gasteiger partial charge in [0.25, 0.3) is 0 Å². The SMILES string of the molecule is CCOc1c(C(C)=O)cc(Cl)c(F)c1C1COC(O)N1. The predicted octanol–water partition coefficient (Wildman–Crippen LogP) is 2.02. The topological polar surface area (TPSA) is 67.8 Å². The number of rotatable bonds is 4. The molecule has 1 aromatic carbocycles. The summed E-state index contributed by atoms with van der Waals surface area (Å²) in [4.78, 5) is 11.7. The number of carbonyl (C=O) groups excluding carboxylic acids is 1. The molecule has 0 radical (unpaired) electrons. The molecule has 1 heterocycles. The number of hydrogen-bond acceptors (Lipinski definition) is 5. The van der Waals surface area contributed by atoms with Crippen LogP contribution in [-0.2, 0) is 4.74 Å². The van der Waals surface area contributed by atoms with E-state index in [0.717, 1.165) is 0 Å². The molecule has 0 spiro atoms. The van der Waals surface area contributed by atoms with E-state index in [1.165, 1.54) is 13.0 Å². The summed E-state index contributed by atoms with van der Waals surface area (Å²) in [5, 5.41) is 11.8. The Bertz CT molecular complexity index is 538. The second kappa shape index (κ2) is 6.05. The van der Waals surface area contributed by atoms with Gasteiger partial charge >= 0.3 is 0 Å². The summed E-state index contributed by atoms with van der Waals surface area (Å²) in [6, 6.07) is 0.614. The lowest BCUT2D eigenvalue weighted by atomic mass is 10.00. The van der Waals surface area contributed by atoms with Crippen molar-refractivity contribution in [3.05, 3.63) is 28.0 Å². The third kappa shape index (κ3) is 2.78. The lowest BCUT2D eigenvalue weighted by Crippen LogP contribution is -2.26. The van der Waals surface area contributed by atoms with Crippen molar-refractivity contribution in [3.63, 3.8) is 0 Å². The zero-order valence-corrected chi connectivity index (χ0v) is 11.8. The summed E-state index contributed by atoms with van der Waals surface area (Å²) >= 11 is 5.84. The molecule has 0 aliphatic carbocycles. The number of benzene rings is 1. The molecule has 1 aromatic rings. The highest BCUT2D eigenvalue weighted by atomic mass is 35.5. The van der Waals surface area contributed by atoms with Crippen molar-refractivity contribution in [3.8, 4) is 5.75 Å². The molecule has 1 aliphatic heterocycles. The summed E-state index contributed by atoms with van der Waals surface area (Å²) in [7, 11) is 0. The molecule has 2 N–H and O–H groups in total. The average molecular weight is 304 g/mol. The Morgan fingerprint density at radius 3 is 2.90 bits per heavy atom. The molecular formula is C13H15ClFNO4. The highest BCUT2D eigenvalue weighted by Crippen LogP contribution is 2.38. The van der Waals surface area contributed by atoms with Crippen LogP contribution >= 0.6 is 11.6 Å². The van der Waals surface area contributed by atoms with Crippen LogP contribution in [0.25, 0.3) is 0 Å². The van der Waals surface area contributed by atoms with Gasteiger partial charge in [-0.25, -0.2) is 4.39 Å². The zero-order chi connectivity index (χ0) is 14.9. The lowest BCUT2D eigenvalue weighted by molar-refractivity contribution is -0.0719. The first kappa shape index (κ1) is 15.2. The third-order valence-electron chi connectivity index (χ3n) is 2.99. The Morgan fingerprint density at radius 2 is 2.40 bits per heavy atom. The average Bonchev–Trinajstić information content (AvgIpc) is 2.80. The number of aliphatic hydroxyl groups is 1. The largest absolute Gasteiger partial charge is 0.493 e. The molecular weight excluding hydrogens is 289 g/mol. The fourth-order valence-electron chi connectivity index (χ4n) is 2.12. The van der Waals surface area contributed by atoms with Crippen molar-refractivity contribution in [2.45, 2.75) is 26.3 Å². The monoisotopic (exact) mass is 303 g/mol. The minimum Gasteiger partial charge on any atom is -0.493 e. The number of ketones is 1. The number of halogens is 2. The minimum atomic E-state index is -1.19. The fourth-order valence-corrected chi connectivity index (χ4v) is 2.33. The van der Waals surface area contributed by atoms with Gasteiger partial charge in [-0.15, -0.1) is 0 Å². The molecule has 1 saturated heterocycles. The number of ether oxygens (including phenoxy) is 2. The molecule has 7 heteroatoms. The Kier molecular flexibility index (Phi) is 4.59. The van der Waals surface area contributed by atoms with Gasteiger partial charge < -0.3 is 14.6 Å². The number of carbonyl (C=O) groups is 1. The zero-order valence-electron chi connectivity index (χ0n) is 11.1. The van der Waals surface area contributed by atoms with Crippen LogP contribution in [0, 0.1) is 5.82 Å². The first-order chi connectivity index (χ1) is 9.45. The molecule has 110 valence electrons. The van der Waals surface area contributed by atoms with Crippen molar-refractivity contribution < 1.29 is 23.8 Å². The van der Waals surface area contributed by atoms with Crippen molar-refractivity contribution in [1.29, 1.82) is 0 Å². The van der Waals surface area contributed by atoms with Gasteiger partial charge in [0.15, 0.2) is 5.78 Å². The van der Waals surface area contributed by atoms with Crippen molar-refractivity contribution in [1.82, 2.24) is 5.32 Å². The first-order valence-corrected chi connectivity index (χ1v) is 6.54. The number of nitrogens with one attached hydrogen (secondary N) is 1. The molecule has 0 amide bonds. The van der Waals surface area contributed by atoms with E-state index in [1.807, 2.05) is 0 Å². The first-order valence-electron chi connectivity index (χ1n) is 6.17. The van der Waals surface area contributed by atoms with Crippen LogP contribution in [0.2, 0.25) is 5.02 Å². The molecule has 1 fully saturated rings. The quantitative estimate of drug-likeness (QED) is 0.833. The van der Waals surface area contributed by atoms with E-state index < -0.39 is 18.3 Å². The normalized spacial score (nSPS) is 22.1. The molecule has 0 bridgehead atoms. The van der Waals surface area contributed by atoms with E-state index in [-0.39, 0.29) is 40.9 Å². The van der Waals surface area contributed by atoms with Gasteiger partial charge in [-0.1, -0.05) is 11.6 Å². The van der Waals surface area contributed by atoms with Gasteiger partial charge in [-0.2, -0.15) is 0 Å². The van der Waals surface area contributed by atoms with E-state index in [2.05, 4.69) is 5.32 Å². The van der Waals surface area contributed by atoms with Crippen LogP contribution in [0.5, 0.6) is 5.75 Å². The second-order valence-electron chi connectivity index (χ2n) is 4.36. The lowest BCUT2D eigenvalue weighted by Gasteiger charge is -2.19. The Labute approximate surface area is 120 Å². The molecule has 1 aliphatic rings. The van der Waals surface area contributed by atoms with Gasteiger partial charge in [0, 0.05) is 0 Å². The van der Waals surface area contributed by atoms with Gasteiger partial charge in [0.1, 0.15) is 11.6 Å². The molecule has 20 heavy (non-hydrogen) atoms. The van der Waals surface area contributed by atoms with E-state index in [9.17, 15) is 14.3 Å². The van der Waals surface area contributed by atoms with E-state index in [4.69, 9.17) is 21.1 Å². The maximum absolute atomic E-state index is 14.3.